The number of pyridine rings is 1. The lowest BCUT2D eigenvalue weighted by molar-refractivity contribution is 0.130. The van der Waals surface area contributed by atoms with Gasteiger partial charge in [0.05, 0.1) is 11.8 Å². The van der Waals surface area contributed by atoms with Crippen molar-refractivity contribution in [1.29, 1.82) is 0 Å². The van der Waals surface area contributed by atoms with Crippen LogP contribution in [0.15, 0.2) is 18.2 Å². The molecule has 0 bridgehead atoms. The molecule has 1 fully saturated rings. The van der Waals surface area contributed by atoms with Gasteiger partial charge in [0.25, 0.3) is 0 Å². The van der Waals surface area contributed by atoms with Crippen molar-refractivity contribution in [2.45, 2.75) is 51.8 Å². The SMILES string of the molecule is Cc1cccc(CN2CCCC2CC(C)O)n1. The van der Waals surface area contributed by atoms with Crippen molar-refractivity contribution in [3.05, 3.63) is 29.6 Å². The Morgan fingerprint density at radius 1 is 1.53 bits per heavy atom. The molecule has 3 heteroatoms. The molecule has 2 heterocycles. The van der Waals surface area contributed by atoms with E-state index in [1.54, 1.807) is 0 Å². The Labute approximate surface area is 103 Å². The summed E-state index contributed by atoms with van der Waals surface area (Å²) in [5.74, 6) is 0. The van der Waals surface area contributed by atoms with Crippen LogP contribution in [-0.4, -0.2) is 33.7 Å². The van der Waals surface area contributed by atoms with E-state index in [2.05, 4.69) is 22.0 Å². The van der Waals surface area contributed by atoms with Gasteiger partial charge in [-0.05, 0) is 51.8 Å². The van der Waals surface area contributed by atoms with Gasteiger partial charge in [0.15, 0.2) is 0 Å². The molecule has 17 heavy (non-hydrogen) atoms. The number of aliphatic hydroxyl groups excluding tert-OH is 1. The summed E-state index contributed by atoms with van der Waals surface area (Å²) in [5, 5.41) is 9.50. The summed E-state index contributed by atoms with van der Waals surface area (Å²) in [6.45, 7) is 5.95. The Morgan fingerprint density at radius 3 is 3.06 bits per heavy atom. The zero-order chi connectivity index (χ0) is 12.3. The maximum Gasteiger partial charge on any atom is 0.0547 e. The number of hydrogen-bond donors (Lipinski definition) is 1. The summed E-state index contributed by atoms with van der Waals surface area (Å²) in [6.07, 6.45) is 3.12. The maximum absolute atomic E-state index is 9.50. The summed E-state index contributed by atoms with van der Waals surface area (Å²) < 4.78 is 0. The van der Waals surface area contributed by atoms with Crippen molar-refractivity contribution in [1.82, 2.24) is 9.88 Å². The van der Waals surface area contributed by atoms with Crippen LogP contribution < -0.4 is 0 Å². The van der Waals surface area contributed by atoms with Crippen molar-refractivity contribution in [2.75, 3.05) is 6.54 Å². The average molecular weight is 234 g/mol. The fraction of sp³-hybridized carbons (Fsp3) is 0.643. The van der Waals surface area contributed by atoms with Crippen LogP contribution in [0.2, 0.25) is 0 Å². The van der Waals surface area contributed by atoms with Crippen LogP contribution in [0.3, 0.4) is 0 Å². The molecule has 0 saturated carbocycles. The van der Waals surface area contributed by atoms with Crippen molar-refractivity contribution < 1.29 is 5.11 Å². The molecule has 0 aromatic carbocycles. The molecular formula is C14H22N2O. The molecule has 1 saturated heterocycles. The average Bonchev–Trinajstić information content (AvgIpc) is 2.65. The first kappa shape index (κ1) is 12.5. The molecule has 3 nitrogen and oxygen atoms in total. The second-order valence-electron chi connectivity index (χ2n) is 5.12. The highest BCUT2D eigenvalue weighted by Gasteiger charge is 2.25. The molecule has 1 aliphatic rings. The highest BCUT2D eigenvalue weighted by Crippen LogP contribution is 2.23. The predicted octanol–water partition coefficient (Wildman–Crippen LogP) is 2.13. The quantitative estimate of drug-likeness (QED) is 0.867. The van der Waals surface area contributed by atoms with Crippen LogP contribution in [0.5, 0.6) is 0 Å². The Morgan fingerprint density at radius 2 is 2.35 bits per heavy atom. The number of aliphatic hydroxyl groups is 1. The Hall–Kier alpha value is -0.930. The van der Waals surface area contributed by atoms with Gasteiger partial charge in [0, 0.05) is 18.3 Å². The van der Waals surface area contributed by atoms with E-state index in [1.807, 2.05) is 19.9 Å². The molecule has 0 radical (unpaired) electrons. The number of nitrogens with zero attached hydrogens (tertiary/aromatic N) is 2. The third-order valence-electron chi connectivity index (χ3n) is 3.42. The number of aryl methyl sites for hydroxylation is 1. The van der Waals surface area contributed by atoms with Gasteiger partial charge in [-0.1, -0.05) is 6.07 Å². The van der Waals surface area contributed by atoms with Gasteiger partial charge in [-0.15, -0.1) is 0 Å². The summed E-state index contributed by atoms with van der Waals surface area (Å²) in [6, 6.07) is 6.71. The summed E-state index contributed by atoms with van der Waals surface area (Å²) >= 11 is 0. The summed E-state index contributed by atoms with van der Waals surface area (Å²) in [4.78, 5) is 7.00. The fourth-order valence-electron chi connectivity index (χ4n) is 2.66. The van der Waals surface area contributed by atoms with Gasteiger partial charge < -0.3 is 5.11 Å². The molecule has 1 aromatic heterocycles. The van der Waals surface area contributed by atoms with E-state index in [0.29, 0.717) is 6.04 Å². The molecule has 0 spiro atoms. The normalized spacial score (nSPS) is 22.9. The van der Waals surface area contributed by atoms with E-state index in [-0.39, 0.29) is 6.10 Å². The van der Waals surface area contributed by atoms with Gasteiger partial charge in [0.2, 0.25) is 0 Å². The minimum Gasteiger partial charge on any atom is -0.393 e. The number of aromatic nitrogens is 1. The molecule has 1 aromatic rings. The number of rotatable bonds is 4. The standard InChI is InChI=1S/C14H22N2O/c1-11-5-3-6-13(15-11)10-16-8-4-7-14(16)9-12(2)17/h3,5-6,12,14,17H,4,7-10H2,1-2H3. The van der Waals surface area contributed by atoms with Gasteiger partial charge >= 0.3 is 0 Å². The topological polar surface area (TPSA) is 36.4 Å². The van der Waals surface area contributed by atoms with Crippen molar-refractivity contribution in [3.63, 3.8) is 0 Å². The van der Waals surface area contributed by atoms with Crippen LogP contribution >= 0.6 is 0 Å². The predicted molar refractivity (Wildman–Crippen MR) is 68.7 cm³/mol. The first-order valence-electron chi connectivity index (χ1n) is 6.50. The molecule has 0 amide bonds. The number of likely N-dealkylation sites (tertiary alicyclic amines) is 1. The van der Waals surface area contributed by atoms with E-state index in [1.165, 1.54) is 12.8 Å². The highest BCUT2D eigenvalue weighted by molar-refractivity contribution is 5.10. The molecular weight excluding hydrogens is 212 g/mol. The summed E-state index contributed by atoms with van der Waals surface area (Å²) in [7, 11) is 0. The zero-order valence-electron chi connectivity index (χ0n) is 10.8. The third kappa shape index (κ3) is 3.51. The molecule has 2 atom stereocenters. The first-order chi connectivity index (χ1) is 8.15. The zero-order valence-corrected chi connectivity index (χ0v) is 10.8. The molecule has 0 aliphatic carbocycles. The third-order valence-corrected chi connectivity index (χ3v) is 3.42. The second kappa shape index (κ2) is 5.61. The smallest absolute Gasteiger partial charge is 0.0547 e. The summed E-state index contributed by atoms with van der Waals surface area (Å²) in [5.41, 5.74) is 2.22. The van der Waals surface area contributed by atoms with E-state index in [9.17, 15) is 5.11 Å². The molecule has 2 unspecified atom stereocenters. The highest BCUT2D eigenvalue weighted by atomic mass is 16.3. The van der Waals surface area contributed by atoms with Crippen LogP contribution in [0.4, 0.5) is 0 Å². The van der Waals surface area contributed by atoms with Gasteiger partial charge in [-0.25, -0.2) is 0 Å². The first-order valence-corrected chi connectivity index (χ1v) is 6.50. The lowest BCUT2D eigenvalue weighted by Gasteiger charge is -2.25. The van der Waals surface area contributed by atoms with Crippen LogP contribution in [0, 0.1) is 6.92 Å². The van der Waals surface area contributed by atoms with Crippen molar-refractivity contribution in [2.24, 2.45) is 0 Å². The largest absolute Gasteiger partial charge is 0.393 e. The van der Waals surface area contributed by atoms with Crippen LogP contribution in [0.25, 0.3) is 0 Å². The Kier molecular flexibility index (Phi) is 4.13. The molecule has 94 valence electrons. The van der Waals surface area contributed by atoms with Gasteiger partial charge in [0.1, 0.15) is 0 Å². The molecule has 1 aliphatic heterocycles. The minimum absolute atomic E-state index is 0.203. The maximum atomic E-state index is 9.50. The van der Waals surface area contributed by atoms with Crippen molar-refractivity contribution >= 4 is 0 Å². The van der Waals surface area contributed by atoms with E-state index < -0.39 is 0 Å². The number of hydrogen-bond acceptors (Lipinski definition) is 3. The molecule has 1 N–H and O–H groups in total. The van der Waals surface area contributed by atoms with Gasteiger partial charge in [-0.2, -0.15) is 0 Å². The van der Waals surface area contributed by atoms with Crippen molar-refractivity contribution in [3.8, 4) is 0 Å². The van der Waals surface area contributed by atoms with E-state index in [4.69, 9.17) is 0 Å². The fourth-order valence-corrected chi connectivity index (χ4v) is 2.66. The van der Waals surface area contributed by atoms with Gasteiger partial charge in [-0.3, -0.25) is 9.88 Å². The lowest BCUT2D eigenvalue weighted by Crippen LogP contribution is -2.31. The lowest BCUT2D eigenvalue weighted by atomic mass is 10.1. The Bertz CT molecular complexity index is 365. The second-order valence-corrected chi connectivity index (χ2v) is 5.12. The van der Waals surface area contributed by atoms with E-state index >= 15 is 0 Å². The Balaban J connectivity index is 1.97. The van der Waals surface area contributed by atoms with E-state index in [0.717, 1.165) is 30.9 Å². The minimum atomic E-state index is -0.203. The molecule has 2 rings (SSSR count). The van der Waals surface area contributed by atoms with Crippen LogP contribution in [-0.2, 0) is 6.54 Å². The monoisotopic (exact) mass is 234 g/mol. The van der Waals surface area contributed by atoms with Crippen LogP contribution in [0.1, 0.15) is 37.6 Å².